The molecule has 0 spiro atoms. The molecule has 2 rings (SSSR count). The Bertz CT molecular complexity index is 346. The molecule has 1 fully saturated rings. The Balaban J connectivity index is 2.36. The van der Waals surface area contributed by atoms with Crippen LogP contribution in [-0.4, -0.2) is 21.1 Å². The molecule has 0 aliphatic heterocycles. The van der Waals surface area contributed by atoms with E-state index in [0.717, 1.165) is 18.5 Å². The second kappa shape index (κ2) is 2.25. The summed E-state index contributed by atoms with van der Waals surface area (Å²) < 4.78 is 1.61. The molecular formula is C7H8N4O. The summed E-state index contributed by atoms with van der Waals surface area (Å²) >= 11 is 0. The smallest absolute Gasteiger partial charge is 0.235 e. The fourth-order valence-electron chi connectivity index (χ4n) is 1.19. The van der Waals surface area contributed by atoms with Crippen LogP contribution in [0.25, 0.3) is 0 Å². The Hall–Kier alpha value is -1.48. The number of nitrogens with zero attached hydrogens (tertiary/aromatic N) is 4. The van der Waals surface area contributed by atoms with Gasteiger partial charge in [-0.25, -0.2) is 4.79 Å². The fourth-order valence-corrected chi connectivity index (χ4v) is 1.19. The predicted octanol–water partition coefficient (Wildman–Crippen LogP) is 0.140. The molecule has 1 saturated carbocycles. The van der Waals surface area contributed by atoms with Crippen LogP contribution in [0, 0.1) is 0 Å². The van der Waals surface area contributed by atoms with Crippen LogP contribution in [0.3, 0.4) is 0 Å². The quantitative estimate of drug-likeness (QED) is 0.461. The zero-order valence-electron chi connectivity index (χ0n) is 6.69. The number of aromatic nitrogens is 3. The normalized spacial score (nSPS) is 18.4. The molecule has 1 aliphatic carbocycles. The van der Waals surface area contributed by atoms with Gasteiger partial charge in [0.05, 0.1) is 6.20 Å². The van der Waals surface area contributed by atoms with E-state index in [0.29, 0.717) is 0 Å². The highest BCUT2D eigenvalue weighted by Crippen LogP contribution is 2.47. The van der Waals surface area contributed by atoms with Crippen molar-refractivity contribution in [2.45, 2.75) is 18.4 Å². The summed E-state index contributed by atoms with van der Waals surface area (Å²) in [4.78, 5) is 13.8. The van der Waals surface area contributed by atoms with Crippen LogP contribution >= 0.6 is 0 Å². The van der Waals surface area contributed by atoms with E-state index in [1.54, 1.807) is 24.0 Å². The number of carbonyl (C=O) groups excluding carboxylic acids is 1. The van der Waals surface area contributed by atoms with Gasteiger partial charge in [-0.3, -0.25) is 4.68 Å². The molecule has 12 heavy (non-hydrogen) atoms. The minimum atomic E-state index is -0.379. The third kappa shape index (κ3) is 0.950. The lowest BCUT2D eigenvalue weighted by molar-refractivity contribution is 0.555. The SMILES string of the molecule is Cn1cc(C2(N=C=O)CC2)nn1. The van der Waals surface area contributed by atoms with E-state index in [4.69, 9.17) is 0 Å². The molecule has 0 unspecified atom stereocenters. The molecule has 1 aromatic heterocycles. The van der Waals surface area contributed by atoms with Crippen LogP contribution in [-0.2, 0) is 17.4 Å². The molecule has 0 N–H and O–H groups in total. The van der Waals surface area contributed by atoms with Crippen molar-refractivity contribution in [2.24, 2.45) is 12.0 Å². The van der Waals surface area contributed by atoms with Gasteiger partial charge in [0.1, 0.15) is 11.2 Å². The first kappa shape index (κ1) is 7.18. The van der Waals surface area contributed by atoms with Gasteiger partial charge in [-0.1, -0.05) is 5.21 Å². The zero-order valence-corrected chi connectivity index (χ0v) is 6.69. The molecule has 1 aromatic rings. The first-order valence-corrected chi connectivity index (χ1v) is 3.73. The van der Waals surface area contributed by atoms with Gasteiger partial charge in [0.25, 0.3) is 0 Å². The molecule has 5 nitrogen and oxygen atoms in total. The standard InChI is InChI=1S/C7H8N4O/c1-11-4-6(9-10-11)7(2-3-7)8-5-12/h4H,2-3H2,1H3. The Morgan fingerprint density at radius 2 is 2.50 bits per heavy atom. The highest BCUT2D eigenvalue weighted by molar-refractivity contribution is 5.38. The Morgan fingerprint density at radius 1 is 1.75 bits per heavy atom. The van der Waals surface area contributed by atoms with Gasteiger partial charge in [-0.05, 0) is 12.8 Å². The van der Waals surface area contributed by atoms with Gasteiger partial charge in [-0.15, -0.1) is 5.10 Å². The highest BCUT2D eigenvalue weighted by atomic mass is 16.1. The van der Waals surface area contributed by atoms with Gasteiger partial charge in [0, 0.05) is 7.05 Å². The number of hydrogen-bond donors (Lipinski definition) is 0. The van der Waals surface area contributed by atoms with Crippen LogP contribution in [0.5, 0.6) is 0 Å². The van der Waals surface area contributed by atoms with E-state index < -0.39 is 0 Å². The topological polar surface area (TPSA) is 60.1 Å². The van der Waals surface area contributed by atoms with Crippen LogP contribution in [0.1, 0.15) is 18.5 Å². The minimum Gasteiger partial charge on any atom is -0.255 e. The first-order valence-electron chi connectivity index (χ1n) is 3.73. The summed E-state index contributed by atoms with van der Waals surface area (Å²) in [7, 11) is 1.79. The Labute approximate surface area is 69.1 Å². The molecule has 0 bridgehead atoms. The van der Waals surface area contributed by atoms with Crippen LogP contribution in [0.2, 0.25) is 0 Å². The number of rotatable bonds is 2. The Kier molecular flexibility index (Phi) is 1.35. The molecule has 1 aliphatic rings. The van der Waals surface area contributed by atoms with E-state index in [-0.39, 0.29) is 5.54 Å². The van der Waals surface area contributed by atoms with E-state index in [2.05, 4.69) is 15.3 Å². The highest BCUT2D eigenvalue weighted by Gasteiger charge is 2.47. The van der Waals surface area contributed by atoms with Gasteiger partial charge in [-0.2, -0.15) is 4.99 Å². The van der Waals surface area contributed by atoms with Gasteiger partial charge in [0.2, 0.25) is 6.08 Å². The molecular weight excluding hydrogens is 156 g/mol. The second-order valence-electron chi connectivity index (χ2n) is 3.01. The lowest BCUT2D eigenvalue weighted by Gasteiger charge is -1.98. The maximum absolute atomic E-state index is 10.1. The predicted molar refractivity (Wildman–Crippen MR) is 40.0 cm³/mol. The summed E-state index contributed by atoms with van der Waals surface area (Å²) in [6, 6.07) is 0. The third-order valence-electron chi connectivity index (χ3n) is 2.06. The number of aryl methyl sites for hydroxylation is 1. The molecule has 1 heterocycles. The maximum atomic E-state index is 10.1. The molecule has 0 atom stereocenters. The van der Waals surface area contributed by atoms with Crippen molar-refractivity contribution < 1.29 is 4.79 Å². The average molecular weight is 164 g/mol. The van der Waals surface area contributed by atoms with Crippen molar-refractivity contribution in [1.29, 1.82) is 0 Å². The third-order valence-corrected chi connectivity index (χ3v) is 2.06. The molecule has 0 saturated heterocycles. The van der Waals surface area contributed by atoms with E-state index in [9.17, 15) is 4.79 Å². The largest absolute Gasteiger partial charge is 0.255 e. The summed E-state index contributed by atoms with van der Waals surface area (Å²) in [5.41, 5.74) is 0.393. The van der Waals surface area contributed by atoms with E-state index in [1.807, 2.05) is 0 Å². The molecule has 0 amide bonds. The molecule has 0 aromatic carbocycles. The Morgan fingerprint density at radius 3 is 2.92 bits per heavy atom. The van der Waals surface area contributed by atoms with Gasteiger partial charge < -0.3 is 0 Å². The lowest BCUT2D eigenvalue weighted by Crippen LogP contribution is -2.02. The maximum Gasteiger partial charge on any atom is 0.235 e. The van der Waals surface area contributed by atoms with Crippen LogP contribution in [0.4, 0.5) is 0 Å². The van der Waals surface area contributed by atoms with Crippen molar-refractivity contribution in [3.8, 4) is 0 Å². The zero-order chi connectivity index (χ0) is 8.60. The average Bonchev–Trinajstić information content (AvgIpc) is 2.69. The minimum absolute atomic E-state index is 0.379. The van der Waals surface area contributed by atoms with Gasteiger partial charge in [0.15, 0.2) is 0 Å². The number of aliphatic imine (C=N–C) groups is 1. The molecule has 0 radical (unpaired) electrons. The summed E-state index contributed by atoms with van der Waals surface area (Å²) in [5.74, 6) is 0. The van der Waals surface area contributed by atoms with Crippen LogP contribution < -0.4 is 0 Å². The van der Waals surface area contributed by atoms with E-state index >= 15 is 0 Å². The second-order valence-corrected chi connectivity index (χ2v) is 3.01. The van der Waals surface area contributed by atoms with Crippen molar-refractivity contribution in [2.75, 3.05) is 0 Å². The molecule has 5 heteroatoms. The molecule has 62 valence electrons. The summed E-state index contributed by atoms with van der Waals surface area (Å²) in [6.07, 6.45) is 5.11. The van der Waals surface area contributed by atoms with Gasteiger partial charge >= 0.3 is 0 Å². The van der Waals surface area contributed by atoms with Crippen molar-refractivity contribution >= 4 is 6.08 Å². The lowest BCUT2D eigenvalue weighted by atomic mass is 10.2. The summed E-state index contributed by atoms with van der Waals surface area (Å²) in [6.45, 7) is 0. The number of isocyanates is 1. The van der Waals surface area contributed by atoms with Crippen molar-refractivity contribution in [1.82, 2.24) is 15.0 Å². The fraction of sp³-hybridized carbons (Fsp3) is 0.571. The summed E-state index contributed by atoms with van der Waals surface area (Å²) in [5, 5.41) is 7.69. The van der Waals surface area contributed by atoms with Crippen molar-refractivity contribution in [3.63, 3.8) is 0 Å². The first-order chi connectivity index (χ1) is 5.77. The van der Waals surface area contributed by atoms with E-state index in [1.165, 1.54) is 0 Å². The number of hydrogen-bond acceptors (Lipinski definition) is 4. The van der Waals surface area contributed by atoms with Crippen molar-refractivity contribution in [3.05, 3.63) is 11.9 Å². The monoisotopic (exact) mass is 164 g/mol. The van der Waals surface area contributed by atoms with Crippen LogP contribution in [0.15, 0.2) is 11.2 Å².